The second kappa shape index (κ2) is 10.9. The fourth-order valence-electron chi connectivity index (χ4n) is 3.32. The number of carbonyl (C=O) groups is 1. The van der Waals surface area contributed by atoms with Crippen LogP contribution in [0.3, 0.4) is 0 Å². The van der Waals surface area contributed by atoms with Crippen molar-refractivity contribution in [2.75, 3.05) is 23.8 Å². The standard InChI is InChI=1S/C25H28N2O5S/c1-4-18-7-6-8-19(5-2)25(18)26-24(28)17-32-22-13-15-23(16-14-22)33(29,30)27-20-9-11-21(31-3)12-10-20/h6-16,27H,4-5,17H2,1-3H3,(H,26,28). The number of para-hydroxylation sites is 1. The Hall–Kier alpha value is -3.52. The third-order valence-electron chi connectivity index (χ3n) is 5.11. The molecule has 0 saturated heterocycles. The number of carbonyl (C=O) groups excluding carboxylic acids is 1. The summed E-state index contributed by atoms with van der Waals surface area (Å²) in [7, 11) is -2.22. The van der Waals surface area contributed by atoms with Crippen molar-refractivity contribution in [2.45, 2.75) is 31.6 Å². The Morgan fingerprint density at radius 2 is 1.42 bits per heavy atom. The van der Waals surface area contributed by atoms with Gasteiger partial charge in [-0.05, 0) is 72.5 Å². The number of methoxy groups -OCH3 is 1. The molecule has 0 unspecified atom stereocenters. The topological polar surface area (TPSA) is 93.7 Å². The van der Waals surface area contributed by atoms with E-state index in [2.05, 4.69) is 10.0 Å². The molecular formula is C25H28N2O5S. The molecule has 3 aromatic carbocycles. The van der Waals surface area contributed by atoms with E-state index in [-0.39, 0.29) is 17.4 Å². The summed E-state index contributed by atoms with van der Waals surface area (Å²) < 4.78 is 38.4. The predicted octanol–water partition coefficient (Wildman–Crippen LogP) is 4.64. The maximum absolute atomic E-state index is 12.6. The average Bonchev–Trinajstić information content (AvgIpc) is 2.83. The number of aryl methyl sites for hydroxylation is 2. The molecule has 8 heteroatoms. The van der Waals surface area contributed by atoms with Crippen LogP contribution in [0, 0.1) is 0 Å². The van der Waals surface area contributed by atoms with Crippen LogP contribution in [0.25, 0.3) is 0 Å². The van der Waals surface area contributed by atoms with Gasteiger partial charge in [0.15, 0.2) is 6.61 Å². The zero-order valence-electron chi connectivity index (χ0n) is 18.9. The lowest BCUT2D eigenvalue weighted by atomic mass is 10.0. The molecule has 33 heavy (non-hydrogen) atoms. The van der Waals surface area contributed by atoms with Crippen molar-refractivity contribution in [3.8, 4) is 11.5 Å². The van der Waals surface area contributed by atoms with Gasteiger partial charge in [-0.1, -0.05) is 32.0 Å². The number of hydrogen-bond donors (Lipinski definition) is 2. The Morgan fingerprint density at radius 1 is 0.848 bits per heavy atom. The fourth-order valence-corrected chi connectivity index (χ4v) is 4.37. The molecule has 0 aliphatic heterocycles. The number of amides is 1. The Morgan fingerprint density at radius 3 is 1.97 bits per heavy atom. The molecule has 0 atom stereocenters. The van der Waals surface area contributed by atoms with Crippen LogP contribution in [-0.2, 0) is 27.7 Å². The van der Waals surface area contributed by atoms with E-state index in [1.807, 2.05) is 32.0 Å². The van der Waals surface area contributed by atoms with Crippen molar-refractivity contribution < 1.29 is 22.7 Å². The summed E-state index contributed by atoms with van der Waals surface area (Å²) in [4.78, 5) is 12.5. The number of sulfonamides is 1. The van der Waals surface area contributed by atoms with E-state index in [0.29, 0.717) is 17.2 Å². The molecule has 174 valence electrons. The van der Waals surface area contributed by atoms with E-state index in [0.717, 1.165) is 29.7 Å². The van der Waals surface area contributed by atoms with Gasteiger partial charge < -0.3 is 14.8 Å². The second-order valence-electron chi connectivity index (χ2n) is 7.30. The molecular weight excluding hydrogens is 440 g/mol. The molecule has 1 amide bonds. The Labute approximate surface area is 194 Å². The molecule has 0 fully saturated rings. The van der Waals surface area contributed by atoms with Crippen LogP contribution in [0.4, 0.5) is 11.4 Å². The van der Waals surface area contributed by atoms with Crippen molar-refractivity contribution in [1.82, 2.24) is 0 Å². The van der Waals surface area contributed by atoms with Gasteiger partial charge in [-0.15, -0.1) is 0 Å². The minimum absolute atomic E-state index is 0.0829. The lowest BCUT2D eigenvalue weighted by molar-refractivity contribution is -0.118. The van der Waals surface area contributed by atoms with Gasteiger partial charge in [0, 0.05) is 11.4 Å². The predicted molar refractivity (Wildman–Crippen MR) is 130 cm³/mol. The normalized spacial score (nSPS) is 11.0. The highest BCUT2D eigenvalue weighted by Gasteiger charge is 2.15. The first-order valence-electron chi connectivity index (χ1n) is 10.7. The zero-order chi connectivity index (χ0) is 23.8. The minimum atomic E-state index is -3.76. The van der Waals surface area contributed by atoms with Gasteiger partial charge in [-0.2, -0.15) is 0 Å². The van der Waals surface area contributed by atoms with E-state index in [9.17, 15) is 13.2 Å². The first-order chi connectivity index (χ1) is 15.9. The highest BCUT2D eigenvalue weighted by atomic mass is 32.2. The van der Waals surface area contributed by atoms with Gasteiger partial charge in [0.2, 0.25) is 0 Å². The first-order valence-corrected chi connectivity index (χ1v) is 12.1. The molecule has 0 bridgehead atoms. The lowest BCUT2D eigenvalue weighted by Crippen LogP contribution is -2.21. The molecule has 2 N–H and O–H groups in total. The molecule has 0 aliphatic carbocycles. The summed E-state index contributed by atoms with van der Waals surface area (Å²) >= 11 is 0. The fraction of sp³-hybridized carbons (Fsp3) is 0.240. The molecule has 3 aromatic rings. The van der Waals surface area contributed by atoms with E-state index in [1.165, 1.54) is 24.3 Å². The van der Waals surface area contributed by atoms with Gasteiger partial charge in [0.05, 0.1) is 12.0 Å². The summed E-state index contributed by atoms with van der Waals surface area (Å²) in [6.07, 6.45) is 1.62. The van der Waals surface area contributed by atoms with Crippen molar-refractivity contribution >= 4 is 27.3 Å². The van der Waals surface area contributed by atoms with Crippen LogP contribution in [0.15, 0.2) is 71.6 Å². The van der Waals surface area contributed by atoms with Crippen molar-refractivity contribution in [3.05, 3.63) is 77.9 Å². The SMILES string of the molecule is CCc1cccc(CC)c1NC(=O)COc1ccc(S(=O)(=O)Nc2ccc(OC)cc2)cc1. The van der Waals surface area contributed by atoms with Crippen LogP contribution >= 0.6 is 0 Å². The summed E-state index contributed by atoms with van der Waals surface area (Å²) in [5.41, 5.74) is 3.40. The number of ether oxygens (including phenoxy) is 2. The molecule has 0 aromatic heterocycles. The third-order valence-corrected chi connectivity index (χ3v) is 6.51. The third kappa shape index (κ3) is 6.26. The number of anilines is 2. The molecule has 0 saturated carbocycles. The van der Waals surface area contributed by atoms with Crippen LogP contribution in [0.2, 0.25) is 0 Å². The average molecular weight is 469 g/mol. The van der Waals surface area contributed by atoms with Crippen molar-refractivity contribution in [1.29, 1.82) is 0 Å². The van der Waals surface area contributed by atoms with Crippen LogP contribution < -0.4 is 19.5 Å². The van der Waals surface area contributed by atoms with Crippen LogP contribution in [-0.4, -0.2) is 28.0 Å². The largest absolute Gasteiger partial charge is 0.497 e. The molecule has 3 rings (SSSR count). The summed E-state index contributed by atoms with van der Waals surface area (Å²) in [5, 5.41) is 2.94. The van der Waals surface area contributed by atoms with Gasteiger partial charge in [-0.25, -0.2) is 8.42 Å². The summed E-state index contributed by atoms with van der Waals surface area (Å²) in [6.45, 7) is 3.90. The lowest BCUT2D eigenvalue weighted by Gasteiger charge is -2.15. The van der Waals surface area contributed by atoms with Crippen molar-refractivity contribution in [3.63, 3.8) is 0 Å². The van der Waals surface area contributed by atoms with Crippen molar-refractivity contribution in [2.24, 2.45) is 0 Å². The molecule has 0 spiro atoms. The van der Waals surface area contributed by atoms with Gasteiger partial charge in [0.25, 0.3) is 15.9 Å². The van der Waals surface area contributed by atoms with Crippen LogP contribution in [0.1, 0.15) is 25.0 Å². The molecule has 0 radical (unpaired) electrons. The number of hydrogen-bond acceptors (Lipinski definition) is 5. The highest BCUT2D eigenvalue weighted by molar-refractivity contribution is 7.92. The summed E-state index contributed by atoms with van der Waals surface area (Å²) in [6, 6.07) is 18.5. The van der Waals surface area contributed by atoms with E-state index in [1.54, 1.807) is 31.4 Å². The minimum Gasteiger partial charge on any atom is -0.497 e. The van der Waals surface area contributed by atoms with Gasteiger partial charge in [0.1, 0.15) is 11.5 Å². The van der Waals surface area contributed by atoms with Gasteiger partial charge in [-0.3, -0.25) is 9.52 Å². The van der Waals surface area contributed by atoms with E-state index >= 15 is 0 Å². The Kier molecular flexibility index (Phi) is 7.95. The Bertz CT molecular complexity index is 1170. The van der Waals surface area contributed by atoms with Crippen LogP contribution in [0.5, 0.6) is 11.5 Å². The number of benzene rings is 3. The number of nitrogens with one attached hydrogen (secondary N) is 2. The maximum atomic E-state index is 12.6. The molecule has 7 nitrogen and oxygen atoms in total. The molecule has 0 aliphatic rings. The monoisotopic (exact) mass is 468 g/mol. The highest BCUT2D eigenvalue weighted by Crippen LogP contribution is 2.23. The smallest absolute Gasteiger partial charge is 0.262 e. The van der Waals surface area contributed by atoms with E-state index < -0.39 is 10.0 Å². The molecule has 0 heterocycles. The van der Waals surface area contributed by atoms with E-state index in [4.69, 9.17) is 9.47 Å². The maximum Gasteiger partial charge on any atom is 0.262 e. The quantitative estimate of drug-likeness (QED) is 0.452. The zero-order valence-corrected chi connectivity index (χ0v) is 19.7. The second-order valence-corrected chi connectivity index (χ2v) is 8.98. The van der Waals surface area contributed by atoms with Gasteiger partial charge >= 0.3 is 0 Å². The summed E-state index contributed by atoms with van der Waals surface area (Å²) in [5.74, 6) is 0.754. The first kappa shape index (κ1) is 24.1. The Balaban J connectivity index is 1.61. The number of rotatable bonds is 10.